The van der Waals surface area contributed by atoms with Gasteiger partial charge in [-0.2, -0.15) is 0 Å². The van der Waals surface area contributed by atoms with Crippen molar-refractivity contribution < 1.29 is 5.11 Å². The second-order valence-corrected chi connectivity index (χ2v) is 7.65. The number of benzene rings is 1. The van der Waals surface area contributed by atoms with Crippen molar-refractivity contribution in [3.8, 4) is 0 Å². The van der Waals surface area contributed by atoms with E-state index in [1.807, 2.05) is 0 Å². The fourth-order valence-corrected chi connectivity index (χ4v) is 3.78. The fraction of sp³-hybridized carbons (Fsp3) is 0.667. The van der Waals surface area contributed by atoms with E-state index in [4.69, 9.17) is 0 Å². The van der Waals surface area contributed by atoms with E-state index in [-0.39, 0.29) is 5.41 Å². The number of aliphatic hydroxyl groups is 1. The fourth-order valence-electron chi connectivity index (χ4n) is 3.78. The normalized spacial score (nSPS) is 31.3. The molecule has 0 aromatic heterocycles. The van der Waals surface area contributed by atoms with E-state index in [0.29, 0.717) is 6.04 Å². The zero-order valence-electron chi connectivity index (χ0n) is 13.0. The molecule has 2 unspecified atom stereocenters. The van der Waals surface area contributed by atoms with Gasteiger partial charge in [0.25, 0.3) is 0 Å². The van der Waals surface area contributed by atoms with Crippen LogP contribution in [-0.2, 0) is 11.0 Å². The molecular formula is C18H27NO. The number of fused-ring (bicyclic) bond motifs is 1. The van der Waals surface area contributed by atoms with Crippen LogP contribution in [0.5, 0.6) is 0 Å². The van der Waals surface area contributed by atoms with Crippen molar-refractivity contribution in [2.45, 2.75) is 63.5 Å². The number of nitrogens with zero attached hydrogens (tertiary/aromatic N) is 1. The molecule has 0 radical (unpaired) electrons. The minimum atomic E-state index is -0.609. The van der Waals surface area contributed by atoms with Gasteiger partial charge < -0.3 is 10.0 Å². The Morgan fingerprint density at radius 2 is 1.85 bits per heavy atom. The summed E-state index contributed by atoms with van der Waals surface area (Å²) in [5, 5.41) is 11.1. The Hall–Kier alpha value is -0.860. The summed E-state index contributed by atoms with van der Waals surface area (Å²) in [6.07, 6.45) is 4.33. The first-order valence-electron chi connectivity index (χ1n) is 7.96. The van der Waals surface area contributed by atoms with Gasteiger partial charge in [0.05, 0.1) is 5.60 Å². The van der Waals surface area contributed by atoms with Crippen LogP contribution in [0.3, 0.4) is 0 Å². The van der Waals surface area contributed by atoms with Crippen LogP contribution in [0.25, 0.3) is 0 Å². The molecule has 0 aliphatic carbocycles. The SMILES string of the molecule is CC(C)(C)c1ccc(C2(O)CCN3CCCC3C2)cc1. The molecule has 0 amide bonds. The first-order chi connectivity index (χ1) is 9.38. The van der Waals surface area contributed by atoms with Gasteiger partial charge in [-0.05, 0) is 48.8 Å². The zero-order chi connectivity index (χ0) is 14.4. The first-order valence-corrected chi connectivity index (χ1v) is 7.96. The lowest BCUT2D eigenvalue weighted by Gasteiger charge is -2.41. The molecule has 2 aliphatic heterocycles. The summed E-state index contributed by atoms with van der Waals surface area (Å²) in [5.41, 5.74) is 2.01. The smallest absolute Gasteiger partial charge is 0.0923 e. The highest BCUT2D eigenvalue weighted by Crippen LogP contribution is 2.39. The molecule has 0 saturated carbocycles. The number of piperidine rings is 1. The van der Waals surface area contributed by atoms with E-state index in [9.17, 15) is 5.11 Å². The van der Waals surface area contributed by atoms with E-state index < -0.39 is 5.60 Å². The van der Waals surface area contributed by atoms with Gasteiger partial charge in [-0.1, -0.05) is 45.0 Å². The van der Waals surface area contributed by atoms with Crippen molar-refractivity contribution in [2.24, 2.45) is 0 Å². The van der Waals surface area contributed by atoms with Gasteiger partial charge >= 0.3 is 0 Å². The topological polar surface area (TPSA) is 23.5 Å². The van der Waals surface area contributed by atoms with Crippen LogP contribution < -0.4 is 0 Å². The lowest BCUT2D eigenvalue weighted by Crippen LogP contribution is -2.46. The highest BCUT2D eigenvalue weighted by Gasteiger charge is 2.41. The molecule has 1 aromatic carbocycles. The number of rotatable bonds is 1. The summed E-state index contributed by atoms with van der Waals surface area (Å²) >= 11 is 0. The Balaban J connectivity index is 1.81. The van der Waals surface area contributed by atoms with Crippen molar-refractivity contribution in [3.63, 3.8) is 0 Å². The van der Waals surface area contributed by atoms with Crippen molar-refractivity contribution in [1.82, 2.24) is 4.90 Å². The Morgan fingerprint density at radius 1 is 1.15 bits per heavy atom. The lowest BCUT2D eigenvalue weighted by atomic mass is 9.79. The third kappa shape index (κ3) is 2.51. The molecule has 2 heteroatoms. The summed E-state index contributed by atoms with van der Waals surface area (Å²) in [7, 11) is 0. The van der Waals surface area contributed by atoms with Gasteiger partial charge in [0.15, 0.2) is 0 Å². The monoisotopic (exact) mass is 273 g/mol. The summed E-state index contributed by atoms with van der Waals surface area (Å²) in [6, 6.07) is 9.26. The van der Waals surface area contributed by atoms with Gasteiger partial charge in [-0.15, -0.1) is 0 Å². The van der Waals surface area contributed by atoms with E-state index in [0.717, 1.165) is 24.9 Å². The van der Waals surface area contributed by atoms with E-state index in [1.165, 1.54) is 24.9 Å². The largest absolute Gasteiger partial charge is 0.385 e. The van der Waals surface area contributed by atoms with Crippen LogP contribution in [0.15, 0.2) is 24.3 Å². The average molecular weight is 273 g/mol. The first kappa shape index (κ1) is 14.1. The van der Waals surface area contributed by atoms with Crippen LogP contribution in [0.4, 0.5) is 0 Å². The van der Waals surface area contributed by atoms with Gasteiger partial charge in [-0.25, -0.2) is 0 Å². The molecule has 2 saturated heterocycles. The van der Waals surface area contributed by atoms with Crippen molar-refractivity contribution in [2.75, 3.05) is 13.1 Å². The lowest BCUT2D eigenvalue weighted by molar-refractivity contribution is -0.0409. The minimum absolute atomic E-state index is 0.177. The summed E-state index contributed by atoms with van der Waals surface area (Å²) in [4.78, 5) is 2.55. The Morgan fingerprint density at radius 3 is 2.50 bits per heavy atom. The van der Waals surface area contributed by atoms with Crippen molar-refractivity contribution >= 4 is 0 Å². The standard InChI is InChI=1S/C18H27NO/c1-17(2,3)14-6-8-15(9-7-14)18(20)10-12-19-11-4-5-16(19)13-18/h6-9,16,20H,4-5,10-13H2,1-3H3. The van der Waals surface area contributed by atoms with Crippen molar-refractivity contribution in [3.05, 3.63) is 35.4 Å². The second kappa shape index (κ2) is 4.85. The van der Waals surface area contributed by atoms with Gasteiger partial charge in [0, 0.05) is 12.6 Å². The molecule has 2 fully saturated rings. The van der Waals surface area contributed by atoms with Gasteiger partial charge in [0.1, 0.15) is 0 Å². The molecule has 2 aliphatic rings. The predicted molar refractivity (Wildman–Crippen MR) is 82.9 cm³/mol. The summed E-state index contributed by atoms with van der Waals surface area (Å²) in [6.45, 7) is 8.96. The molecule has 0 spiro atoms. The van der Waals surface area contributed by atoms with E-state index >= 15 is 0 Å². The molecule has 2 heterocycles. The van der Waals surface area contributed by atoms with E-state index in [2.05, 4.69) is 49.9 Å². The van der Waals surface area contributed by atoms with Crippen LogP contribution in [-0.4, -0.2) is 29.1 Å². The third-order valence-electron chi connectivity index (χ3n) is 5.17. The van der Waals surface area contributed by atoms with E-state index in [1.54, 1.807) is 0 Å². The predicted octanol–water partition coefficient (Wildman–Crippen LogP) is 3.43. The van der Waals surface area contributed by atoms with Gasteiger partial charge in [0.2, 0.25) is 0 Å². The Labute approximate surface area is 122 Å². The molecule has 1 N–H and O–H groups in total. The molecule has 3 rings (SSSR count). The highest BCUT2D eigenvalue weighted by molar-refractivity contribution is 5.31. The summed E-state index contributed by atoms with van der Waals surface area (Å²) in [5.74, 6) is 0. The quantitative estimate of drug-likeness (QED) is 0.847. The second-order valence-electron chi connectivity index (χ2n) is 7.65. The molecular weight excluding hydrogens is 246 g/mol. The number of hydrogen-bond acceptors (Lipinski definition) is 2. The summed E-state index contributed by atoms with van der Waals surface area (Å²) < 4.78 is 0. The molecule has 1 aromatic rings. The Bertz CT molecular complexity index is 473. The molecule has 110 valence electrons. The third-order valence-corrected chi connectivity index (χ3v) is 5.17. The molecule has 20 heavy (non-hydrogen) atoms. The molecule has 2 nitrogen and oxygen atoms in total. The minimum Gasteiger partial charge on any atom is -0.385 e. The van der Waals surface area contributed by atoms with Crippen LogP contribution >= 0.6 is 0 Å². The maximum Gasteiger partial charge on any atom is 0.0923 e. The molecule has 0 bridgehead atoms. The number of hydrogen-bond donors (Lipinski definition) is 1. The Kier molecular flexibility index (Phi) is 3.42. The maximum atomic E-state index is 11.1. The average Bonchev–Trinajstić information content (AvgIpc) is 2.85. The van der Waals surface area contributed by atoms with Crippen LogP contribution in [0, 0.1) is 0 Å². The maximum absolute atomic E-state index is 11.1. The van der Waals surface area contributed by atoms with Crippen molar-refractivity contribution in [1.29, 1.82) is 0 Å². The highest BCUT2D eigenvalue weighted by atomic mass is 16.3. The van der Waals surface area contributed by atoms with Crippen LogP contribution in [0.2, 0.25) is 0 Å². The molecule has 2 atom stereocenters. The van der Waals surface area contributed by atoms with Crippen LogP contribution in [0.1, 0.15) is 57.6 Å². The van der Waals surface area contributed by atoms with Gasteiger partial charge in [-0.3, -0.25) is 0 Å². The zero-order valence-corrected chi connectivity index (χ0v) is 13.0.